The molecule has 0 amide bonds. The average Bonchev–Trinajstić information content (AvgIpc) is 2.92. The van der Waals surface area contributed by atoms with Gasteiger partial charge in [0.1, 0.15) is 0 Å². The number of nitrogens with zero attached hydrogens (tertiary/aromatic N) is 1. The fraction of sp³-hybridized carbons (Fsp3) is 0.471. The fourth-order valence-corrected chi connectivity index (χ4v) is 3.05. The molecule has 2 rings (SSSR count). The van der Waals surface area contributed by atoms with Gasteiger partial charge >= 0.3 is 5.97 Å². The minimum Gasteiger partial charge on any atom is -0.478 e. The lowest BCUT2D eigenvalue weighted by molar-refractivity contribution is -0.131. The predicted molar refractivity (Wildman–Crippen MR) is 83.1 cm³/mol. The summed E-state index contributed by atoms with van der Waals surface area (Å²) in [7, 11) is 0. The number of carboxylic acid groups (broad SMARTS) is 1. The molecule has 0 aliphatic heterocycles. The highest BCUT2D eigenvalue weighted by Crippen LogP contribution is 2.29. The van der Waals surface area contributed by atoms with E-state index in [0.29, 0.717) is 6.04 Å². The highest BCUT2D eigenvalue weighted by Gasteiger charge is 2.21. The number of aliphatic carboxylic acids is 1. The summed E-state index contributed by atoms with van der Waals surface area (Å²) in [5, 5.41) is 8.70. The first-order chi connectivity index (χ1) is 9.61. The minimum atomic E-state index is -0.908. The number of hydrogen-bond donors (Lipinski definition) is 1. The van der Waals surface area contributed by atoms with Crippen molar-refractivity contribution in [2.24, 2.45) is 0 Å². The van der Waals surface area contributed by atoms with Crippen LogP contribution in [0.4, 0.5) is 5.69 Å². The Labute approximate surface area is 120 Å². The van der Waals surface area contributed by atoms with Gasteiger partial charge in [0.2, 0.25) is 0 Å². The second kappa shape index (κ2) is 6.60. The van der Waals surface area contributed by atoms with E-state index in [0.717, 1.165) is 17.7 Å². The summed E-state index contributed by atoms with van der Waals surface area (Å²) in [6, 6.07) is 6.96. The van der Waals surface area contributed by atoms with E-state index in [1.165, 1.54) is 37.4 Å². The van der Waals surface area contributed by atoms with Gasteiger partial charge in [-0.15, -0.1) is 0 Å². The molecule has 0 saturated heterocycles. The maximum atomic E-state index is 10.6. The van der Waals surface area contributed by atoms with E-state index in [9.17, 15) is 4.79 Å². The molecule has 108 valence electrons. The summed E-state index contributed by atoms with van der Waals surface area (Å²) in [5.74, 6) is -0.908. The molecular weight excluding hydrogens is 250 g/mol. The fourth-order valence-electron chi connectivity index (χ4n) is 3.05. The zero-order chi connectivity index (χ0) is 14.5. The van der Waals surface area contributed by atoms with Crippen LogP contribution in [0.2, 0.25) is 0 Å². The van der Waals surface area contributed by atoms with Crippen LogP contribution in [0.1, 0.15) is 43.7 Å². The Morgan fingerprint density at radius 3 is 2.65 bits per heavy atom. The number of aryl methyl sites for hydroxylation is 1. The lowest BCUT2D eigenvalue weighted by atomic mass is 10.1. The third kappa shape index (κ3) is 3.41. The normalized spacial score (nSPS) is 15.9. The molecule has 1 N–H and O–H groups in total. The standard InChI is InChI=1S/C17H23NO2/c1-3-18(15-6-4-5-7-15)16-10-8-14(13(2)12-16)9-11-17(19)20/h8-12,15H,3-7H2,1-2H3,(H,19,20). The van der Waals surface area contributed by atoms with Gasteiger partial charge in [-0.25, -0.2) is 4.79 Å². The maximum Gasteiger partial charge on any atom is 0.328 e. The van der Waals surface area contributed by atoms with Gasteiger partial charge in [0.25, 0.3) is 0 Å². The first-order valence-electron chi connectivity index (χ1n) is 7.40. The molecule has 0 radical (unpaired) electrons. The zero-order valence-corrected chi connectivity index (χ0v) is 12.3. The third-order valence-corrected chi connectivity index (χ3v) is 4.10. The molecule has 1 aromatic rings. The van der Waals surface area contributed by atoms with Crippen molar-refractivity contribution in [2.75, 3.05) is 11.4 Å². The predicted octanol–water partition coefficient (Wildman–Crippen LogP) is 3.86. The summed E-state index contributed by atoms with van der Waals surface area (Å²) >= 11 is 0. The first-order valence-corrected chi connectivity index (χ1v) is 7.40. The van der Waals surface area contributed by atoms with Crippen molar-refractivity contribution in [3.05, 3.63) is 35.4 Å². The smallest absolute Gasteiger partial charge is 0.328 e. The van der Waals surface area contributed by atoms with E-state index < -0.39 is 5.97 Å². The first kappa shape index (κ1) is 14.6. The molecule has 0 spiro atoms. The number of carboxylic acids is 1. The molecule has 0 aromatic heterocycles. The Morgan fingerprint density at radius 1 is 1.40 bits per heavy atom. The Balaban J connectivity index is 2.20. The second-order valence-corrected chi connectivity index (χ2v) is 5.44. The number of benzene rings is 1. The summed E-state index contributed by atoms with van der Waals surface area (Å²) < 4.78 is 0. The lowest BCUT2D eigenvalue weighted by Gasteiger charge is -2.30. The molecular formula is C17H23NO2. The molecule has 0 atom stereocenters. The molecule has 3 heteroatoms. The van der Waals surface area contributed by atoms with Gasteiger partial charge in [-0.05, 0) is 56.0 Å². The Bertz CT molecular complexity index is 502. The van der Waals surface area contributed by atoms with Crippen molar-refractivity contribution in [3.8, 4) is 0 Å². The minimum absolute atomic E-state index is 0.666. The van der Waals surface area contributed by atoms with E-state index in [-0.39, 0.29) is 0 Å². The van der Waals surface area contributed by atoms with Gasteiger partial charge in [0, 0.05) is 24.4 Å². The zero-order valence-electron chi connectivity index (χ0n) is 12.3. The van der Waals surface area contributed by atoms with Gasteiger partial charge in [-0.3, -0.25) is 0 Å². The topological polar surface area (TPSA) is 40.5 Å². The molecule has 0 heterocycles. The highest BCUT2D eigenvalue weighted by atomic mass is 16.4. The molecule has 0 bridgehead atoms. The van der Waals surface area contributed by atoms with Crippen molar-refractivity contribution >= 4 is 17.7 Å². The summed E-state index contributed by atoms with van der Waals surface area (Å²) in [5.41, 5.74) is 3.35. The van der Waals surface area contributed by atoms with Crippen LogP contribution < -0.4 is 4.90 Å². The van der Waals surface area contributed by atoms with E-state index in [4.69, 9.17) is 5.11 Å². The Morgan fingerprint density at radius 2 is 2.10 bits per heavy atom. The Kier molecular flexibility index (Phi) is 4.83. The van der Waals surface area contributed by atoms with Crippen LogP contribution in [-0.4, -0.2) is 23.7 Å². The van der Waals surface area contributed by atoms with Crippen LogP contribution in [0.3, 0.4) is 0 Å². The molecule has 3 nitrogen and oxygen atoms in total. The van der Waals surface area contributed by atoms with Crippen LogP contribution in [0.5, 0.6) is 0 Å². The number of anilines is 1. The molecule has 1 fully saturated rings. The monoisotopic (exact) mass is 273 g/mol. The quantitative estimate of drug-likeness (QED) is 0.828. The van der Waals surface area contributed by atoms with Crippen LogP contribution >= 0.6 is 0 Å². The van der Waals surface area contributed by atoms with Crippen LogP contribution in [-0.2, 0) is 4.79 Å². The maximum absolute atomic E-state index is 10.6. The van der Waals surface area contributed by atoms with Gasteiger partial charge < -0.3 is 10.0 Å². The molecule has 1 aliphatic carbocycles. The van der Waals surface area contributed by atoms with Gasteiger partial charge in [-0.1, -0.05) is 18.9 Å². The van der Waals surface area contributed by atoms with E-state index in [1.807, 2.05) is 13.0 Å². The molecule has 20 heavy (non-hydrogen) atoms. The summed E-state index contributed by atoms with van der Waals surface area (Å²) in [6.45, 7) is 5.26. The van der Waals surface area contributed by atoms with Crippen LogP contribution in [0, 0.1) is 6.92 Å². The van der Waals surface area contributed by atoms with Gasteiger partial charge in [0.05, 0.1) is 0 Å². The van der Waals surface area contributed by atoms with Crippen molar-refractivity contribution < 1.29 is 9.90 Å². The summed E-state index contributed by atoms with van der Waals surface area (Å²) in [4.78, 5) is 13.1. The van der Waals surface area contributed by atoms with E-state index >= 15 is 0 Å². The third-order valence-electron chi connectivity index (χ3n) is 4.10. The Hall–Kier alpha value is -1.77. The molecule has 0 unspecified atom stereocenters. The molecule has 1 saturated carbocycles. The van der Waals surface area contributed by atoms with E-state index in [2.05, 4.69) is 24.0 Å². The SMILES string of the molecule is CCN(c1ccc(C=CC(=O)O)c(C)c1)C1CCCC1. The molecule has 1 aliphatic rings. The highest BCUT2D eigenvalue weighted by molar-refractivity contribution is 5.85. The van der Waals surface area contributed by atoms with Gasteiger partial charge in [-0.2, -0.15) is 0 Å². The molecule has 1 aromatic carbocycles. The largest absolute Gasteiger partial charge is 0.478 e. The van der Waals surface area contributed by atoms with Gasteiger partial charge in [0.15, 0.2) is 0 Å². The van der Waals surface area contributed by atoms with Crippen LogP contribution in [0.25, 0.3) is 6.08 Å². The van der Waals surface area contributed by atoms with Crippen molar-refractivity contribution in [1.82, 2.24) is 0 Å². The lowest BCUT2D eigenvalue weighted by Crippen LogP contribution is -2.32. The van der Waals surface area contributed by atoms with Crippen molar-refractivity contribution in [1.29, 1.82) is 0 Å². The number of rotatable bonds is 5. The number of carbonyl (C=O) groups is 1. The van der Waals surface area contributed by atoms with Crippen molar-refractivity contribution in [3.63, 3.8) is 0 Å². The van der Waals surface area contributed by atoms with Crippen LogP contribution in [0.15, 0.2) is 24.3 Å². The number of hydrogen-bond acceptors (Lipinski definition) is 2. The second-order valence-electron chi connectivity index (χ2n) is 5.44. The summed E-state index contributed by atoms with van der Waals surface area (Å²) in [6.07, 6.45) is 8.09. The van der Waals surface area contributed by atoms with Crippen molar-refractivity contribution in [2.45, 2.75) is 45.6 Å². The van der Waals surface area contributed by atoms with E-state index in [1.54, 1.807) is 6.08 Å². The average molecular weight is 273 g/mol.